The molecular formula is C22H19N3O. The van der Waals surface area contributed by atoms with Gasteiger partial charge < -0.3 is 9.88 Å². The molecule has 128 valence electrons. The van der Waals surface area contributed by atoms with Gasteiger partial charge in [-0.1, -0.05) is 42.5 Å². The zero-order valence-corrected chi connectivity index (χ0v) is 14.2. The Bertz CT molecular complexity index is 1000. The summed E-state index contributed by atoms with van der Waals surface area (Å²) in [7, 11) is 0. The van der Waals surface area contributed by atoms with Gasteiger partial charge in [-0.3, -0.25) is 9.78 Å². The highest BCUT2D eigenvalue weighted by molar-refractivity contribution is 5.92. The highest BCUT2D eigenvalue weighted by Gasteiger charge is 2.19. The molecule has 4 aromatic rings. The molecule has 0 aliphatic carbocycles. The van der Waals surface area contributed by atoms with Crippen molar-refractivity contribution >= 4 is 22.4 Å². The summed E-state index contributed by atoms with van der Waals surface area (Å²) >= 11 is 0. The Hall–Kier alpha value is -3.40. The number of fused-ring (bicyclic) bond motifs is 1. The smallest absolute Gasteiger partial charge is 0.226 e. The zero-order valence-electron chi connectivity index (χ0n) is 14.2. The minimum Gasteiger partial charge on any atom is -0.346 e. The summed E-state index contributed by atoms with van der Waals surface area (Å²) in [4.78, 5) is 16.7. The van der Waals surface area contributed by atoms with E-state index in [1.54, 1.807) is 12.4 Å². The lowest BCUT2D eigenvalue weighted by Gasteiger charge is -2.21. The van der Waals surface area contributed by atoms with Gasteiger partial charge >= 0.3 is 0 Å². The second-order valence-electron chi connectivity index (χ2n) is 6.21. The number of nitrogens with zero attached hydrogens (tertiary/aromatic N) is 2. The monoisotopic (exact) mass is 341 g/mol. The molecule has 26 heavy (non-hydrogen) atoms. The summed E-state index contributed by atoms with van der Waals surface area (Å²) in [5.41, 5.74) is 1.85. The number of rotatable bonds is 5. The lowest BCUT2D eigenvalue weighted by molar-refractivity contribution is -0.116. The normalized spacial score (nSPS) is 12.0. The number of aromatic nitrogens is 2. The van der Waals surface area contributed by atoms with Crippen molar-refractivity contribution < 1.29 is 4.79 Å². The fourth-order valence-corrected chi connectivity index (χ4v) is 3.30. The van der Waals surface area contributed by atoms with Crippen molar-refractivity contribution in [3.05, 3.63) is 97.1 Å². The second kappa shape index (κ2) is 7.23. The van der Waals surface area contributed by atoms with Gasteiger partial charge in [0.1, 0.15) is 0 Å². The molecule has 2 aromatic carbocycles. The van der Waals surface area contributed by atoms with Crippen molar-refractivity contribution in [2.24, 2.45) is 0 Å². The predicted octanol–water partition coefficient (Wildman–Crippen LogP) is 4.65. The molecule has 0 aliphatic rings. The largest absolute Gasteiger partial charge is 0.346 e. The van der Waals surface area contributed by atoms with E-state index in [0.717, 1.165) is 5.56 Å². The van der Waals surface area contributed by atoms with Crippen LogP contribution in [0.25, 0.3) is 10.8 Å². The van der Waals surface area contributed by atoms with Crippen LogP contribution < -0.4 is 5.32 Å². The van der Waals surface area contributed by atoms with Crippen LogP contribution in [0.2, 0.25) is 0 Å². The summed E-state index contributed by atoms with van der Waals surface area (Å²) in [6.45, 7) is 0. The SMILES string of the molecule is O=C(CC(c1cccc2ccccc12)n1cccc1)Nc1cccnc1. The molecule has 4 nitrogen and oxygen atoms in total. The Labute approximate surface area is 152 Å². The maximum atomic E-state index is 12.7. The summed E-state index contributed by atoms with van der Waals surface area (Å²) in [5, 5.41) is 5.28. The minimum atomic E-state index is -0.0761. The molecule has 0 saturated heterocycles. The Morgan fingerprint density at radius 2 is 1.77 bits per heavy atom. The summed E-state index contributed by atoms with van der Waals surface area (Å²) in [6, 6.07) is 22.1. The lowest BCUT2D eigenvalue weighted by Crippen LogP contribution is -2.20. The highest BCUT2D eigenvalue weighted by Crippen LogP contribution is 2.29. The van der Waals surface area contributed by atoms with E-state index in [-0.39, 0.29) is 11.9 Å². The average Bonchev–Trinajstić information content (AvgIpc) is 3.21. The molecule has 1 atom stereocenters. The fraction of sp³-hybridized carbons (Fsp3) is 0.0909. The lowest BCUT2D eigenvalue weighted by atomic mass is 9.96. The molecule has 2 aromatic heterocycles. The second-order valence-corrected chi connectivity index (χ2v) is 6.21. The van der Waals surface area contributed by atoms with Gasteiger partial charge in [-0.25, -0.2) is 0 Å². The van der Waals surface area contributed by atoms with Crippen LogP contribution in [0.5, 0.6) is 0 Å². The third-order valence-electron chi connectivity index (χ3n) is 4.49. The Morgan fingerprint density at radius 1 is 0.962 bits per heavy atom. The van der Waals surface area contributed by atoms with Crippen molar-refractivity contribution in [2.45, 2.75) is 12.5 Å². The van der Waals surface area contributed by atoms with E-state index in [4.69, 9.17) is 0 Å². The number of amides is 1. The highest BCUT2D eigenvalue weighted by atomic mass is 16.1. The summed E-state index contributed by atoms with van der Waals surface area (Å²) in [5.74, 6) is -0.0374. The quantitative estimate of drug-likeness (QED) is 0.574. The van der Waals surface area contributed by atoms with Crippen molar-refractivity contribution in [1.29, 1.82) is 0 Å². The van der Waals surface area contributed by atoms with E-state index < -0.39 is 0 Å². The molecule has 4 heteroatoms. The standard InChI is InChI=1S/C22H19N3O/c26-22(24-18-9-6-12-23-16-18)15-21(25-13-3-4-14-25)20-11-5-8-17-7-1-2-10-19(17)20/h1-14,16,21H,15H2,(H,24,26). The van der Waals surface area contributed by atoms with Gasteiger partial charge in [0.05, 0.1) is 24.3 Å². The van der Waals surface area contributed by atoms with Gasteiger partial charge in [0.2, 0.25) is 5.91 Å². The van der Waals surface area contributed by atoms with Crippen molar-refractivity contribution in [2.75, 3.05) is 5.32 Å². The molecule has 1 N–H and O–H groups in total. The molecule has 0 spiro atoms. The number of nitrogens with one attached hydrogen (secondary N) is 1. The molecule has 0 fully saturated rings. The van der Waals surface area contributed by atoms with Crippen molar-refractivity contribution in [3.63, 3.8) is 0 Å². The van der Waals surface area contributed by atoms with E-state index >= 15 is 0 Å². The first-order valence-electron chi connectivity index (χ1n) is 8.61. The maximum Gasteiger partial charge on any atom is 0.226 e. The average molecular weight is 341 g/mol. The summed E-state index contributed by atoms with van der Waals surface area (Å²) in [6.07, 6.45) is 7.69. The zero-order chi connectivity index (χ0) is 17.8. The third-order valence-corrected chi connectivity index (χ3v) is 4.49. The van der Waals surface area contributed by atoms with E-state index in [1.807, 2.05) is 54.9 Å². The predicted molar refractivity (Wildman–Crippen MR) is 104 cm³/mol. The topological polar surface area (TPSA) is 46.9 Å². The van der Waals surface area contributed by atoms with Crippen LogP contribution in [0.4, 0.5) is 5.69 Å². The van der Waals surface area contributed by atoms with Gasteiger partial charge in [-0.05, 0) is 40.6 Å². The van der Waals surface area contributed by atoms with E-state index in [2.05, 4.69) is 39.1 Å². The first-order valence-corrected chi connectivity index (χ1v) is 8.61. The maximum absolute atomic E-state index is 12.7. The van der Waals surface area contributed by atoms with Gasteiger partial charge in [-0.2, -0.15) is 0 Å². The van der Waals surface area contributed by atoms with Gasteiger partial charge in [0.25, 0.3) is 0 Å². The van der Waals surface area contributed by atoms with E-state index in [9.17, 15) is 4.79 Å². The number of pyridine rings is 1. The minimum absolute atomic E-state index is 0.0374. The van der Waals surface area contributed by atoms with Crippen LogP contribution in [-0.2, 0) is 4.79 Å². The van der Waals surface area contributed by atoms with Crippen molar-refractivity contribution in [3.8, 4) is 0 Å². The number of benzene rings is 2. The Balaban J connectivity index is 1.68. The molecule has 4 rings (SSSR count). The summed E-state index contributed by atoms with van der Waals surface area (Å²) < 4.78 is 2.09. The van der Waals surface area contributed by atoms with Crippen LogP contribution in [0.15, 0.2) is 91.5 Å². The van der Waals surface area contributed by atoms with Crippen LogP contribution >= 0.6 is 0 Å². The van der Waals surface area contributed by atoms with Crippen molar-refractivity contribution in [1.82, 2.24) is 9.55 Å². The molecule has 0 bridgehead atoms. The number of carbonyl (C=O) groups excluding carboxylic acids is 1. The van der Waals surface area contributed by atoms with Gasteiger partial charge in [0.15, 0.2) is 0 Å². The molecule has 1 amide bonds. The number of hydrogen-bond donors (Lipinski definition) is 1. The molecule has 0 aliphatic heterocycles. The van der Waals surface area contributed by atoms with E-state index in [1.165, 1.54) is 10.8 Å². The molecule has 0 saturated carbocycles. The van der Waals surface area contributed by atoms with Crippen LogP contribution in [-0.4, -0.2) is 15.5 Å². The molecule has 0 radical (unpaired) electrons. The van der Waals surface area contributed by atoms with Crippen LogP contribution in [0.3, 0.4) is 0 Å². The number of hydrogen-bond acceptors (Lipinski definition) is 2. The van der Waals surface area contributed by atoms with Crippen LogP contribution in [0, 0.1) is 0 Å². The first-order chi connectivity index (χ1) is 12.8. The third kappa shape index (κ3) is 3.35. The van der Waals surface area contributed by atoms with E-state index in [0.29, 0.717) is 12.1 Å². The first kappa shape index (κ1) is 16.1. The van der Waals surface area contributed by atoms with Gasteiger partial charge in [-0.15, -0.1) is 0 Å². The fourth-order valence-electron chi connectivity index (χ4n) is 3.30. The van der Waals surface area contributed by atoms with Crippen LogP contribution in [0.1, 0.15) is 18.0 Å². The number of anilines is 1. The molecular weight excluding hydrogens is 322 g/mol. The number of carbonyl (C=O) groups is 1. The molecule has 1 unspecified atom stereocenters. The Morgan fingerprint density at radius 3 is 2.58 bits per heavy atom. The molecule has 2 heterocycles. The Kier molecular flexibility index (Phi) is 4.48. The van der Waals surface area contributed by atoms with Gasteiger partial charge in [0, 0.05) is 18.6 Å².